The molecule has 0 radical (unpaired) electrons. The number of alkyl halides is 2. The third kappa shape index (κ3) is 3.56. The van der Waals surface area contributed by atoms with Gasteiger partial charge in [-0.1, -0.05) is 18.2 Å². The van der Waals surface area contributed by atoms with Gasteiger partial charge >= 0.3 is 12.6 Å². The highest BCUT2D eigenvalue weighted by atomic mass is 19.3. The lowest BCUT2D eigenvalue weighted by Gasteiger charge is -2.10. The van der Waals surface area contributed by atoms with Crippen LogP contribution in [0.25, 0.3) is 23.1 Å². The molecule has 1 N–H and O–H groups in total. The van der Waals surface area contributed by atoms with E-state index in [2.05, 4.69) is 14.7 Å². The number of aromatic nitrogens is 1. The lowest BCUT2D eigenvalue weighted by molar-refractivity contribution is -0.0512. The Morgan fingerprint density at radius 1 is 1.14 bits per heavy atom. The van der Waals surface area contributed by atoms with Crippen LogP contribution in [0.15, 0.2) is 51.9 Å². The monoisotopic (exact) mass is 398 g/mol. The molecule has 0 amide bonds. The molecule has 29 heavy (non-hydrogen) atoms. The highest BCUT2D eigenvalue weighted by molar-refractivity contribution is 6.31. The molecule has 1 aliphatic rings. The summed E-state index contributed by atoms with van der Waals surface area (Å²) in [7, 11) is 1.33. The molecule has 0 aliphatic carbocycles. The van der Waals surface area contributed by atoms with E-state index >= 15 is 0 Å². The smallest absolute Gasteiger partial charge is 0.387 e. The van der Waals surface area contributed by atoms with E-state index in [0.29, 0.717) is 5.56 Å². The van der Waals surface area contributed by atoms with Crippen LogP contribution in [0, 0.1) is 0 Å². The fraction of sp³-hybridized carbons (Fsp3) is 0.143. The van der Waals surface area contributed by atoms with Crippen molar-refractivity contribution in [1.29, 1.82) is 0 Å². The molecule has 0 atom stereocenters. The average molecular weight is 398 g/mol. The maximum atomic E-state index is 12.5. The van der Waals surface area contributed by atoms with E-state index in [9.17, 15) is 13.9 Å². The summed E-state index contributed by atoms with van der Waals surface area (Å²) in [4.78, 5) is 8.82. The van der Waals surface area contributed by atoms with Gasteiger partial charge in [0.25, 0.3) is 0 Å². The van der Waals surface area contributed by atoms with Crippen LogP contribution in [0.1, 0.15) is 18.2 Å². The molecule has 148 valence electrons. The number of aliphatic imine (C=N–C) groups is 1. The largest absolute Gasteiger partial charge is 0.493 e. The number of benzene rings is 2. The van der Waals surface area contributed by atoms with Gasteiger partial charge in [0.1, 0.15) is 5.69 Å². The number of hydrogen-bond donors (Lipinski definition) is 1. The summed E-state index contributed by atoms with van der Waals surface area (Å²) in [5, 5.41) is 10.2. The second-order valence-electron chi connectivity index (χ2n) is 6.23. The molecule has 4 rings (SSSR count). The van der Waals surface area contributed by atoms with Crippen molar-refractivity contribution in [2.24, 2.45) is 4.99 Å². The number of fused-ring (bicyclic) bond motifs is 1. The van der Waals surface area contributed by atoms with E-state index in [-0.39, 0.29) is 29.0 Å². The Labute approximate surface area is 164 Å². The summed E-state index contributed by atoms with van der Waals surface area (Å²) in [6, 6.07) is 11.9. The van der Waals surface area contributed by atoms with Crippen LogP contribution in [0.4, 0.5) is 14.5 Å². The minimum absolute atomic E-state index is 0.0908. The molecule has 0 unspecified atom stereocenters. The molecule has 2 heterocycles. The van der Waals surface area contributed by atoms with Crippen molar-refractivity contribution in [2.75, 3.05) is 7.11 Å². The Bertz CT molecular complexity index is 1140. The molecule has 6 nitrogen and oxygen atoms in total. The number of rotatable bonds is 5. The van der Waals surface area contributed by atoms with Gasteiger partial charge in [-0.15, -0.1) is 0 Å². The first kappa shape index (κ1) is 18.7. The summed E-state index contributed by atoms with van der Waals surface area (Å²) in [6.07, 6.45) is 1.69. The molecule has 1 aromatic heterocycles. The van der Waals surface area contributed by atoms with Gasteiger partial charge in [-0.2, -0.15) is 8.78 Å². The van der Waals surface area contributed by atoms with Gasteiger partial charge < -0.3 is 19.0 Å². The van der Waals surface area contributed by atoms with Crippen LogP contribution in [-0.2, 0) is 0 Å². The first-order chi connectivity index (χ1) is 14.0. The molecule has 0 bridgehead atoms. The van der Waals surface area contributed by atoms with Crippen molar-refractivity contribution in [3.63, 3.8) is 0 Å². The fourth-order valence-electron chi connectivity index (χ4n) is 3.09. The maximum Gasteiger partial charge on any atom is 0.387 e. The quantitative estimate of drug-likeness (QED) is 0.631. The zero-order valence-electron chi connectivity index (χ0n) is 15.5. The maximum absolute atomic E-state index is 12.5. The Kier molecular flexibility index (Phi) is 4.75. The van der Waals surface area contributed by atoms with Crippen LogP contribution < -0.4 is 9.47 Å². The molecule has 1 aliphatic heterocycles. The minimum atomic E-state index is -2.97. The molecule has 0 fully saturated rings. The van der Waals surface area contributed by atoms with E-state index in [1.807, 2.05) is 31.2 Å². The minimum Gasteiger partial charge on any atom is -0.493 e. The Balaban J connectivity index is 1.70. The number of methoxy groups -OCH3 is 1. The van der Waals surface area contributed by atoms with Crippen molar-refractivity contribution in [3.05, 3.63) is 53.7 Å². The Hall–Kier alpha value is -3.68. The van der Waals surface area contributed by atoms with Gasteiger partial charge in [0.15, 0.2) is 11.5 Å². The molecule has 2 aromatic carbocycles. The second-order valence-corrected chi connectivity index (χ2v) is 6.23. The van der Waals surface area contributed by atoms with Crippen LogP contribution in [-0.4, -0.2) is 29.5 Å². The fourth-order valence-corrected chi connectivity index (χ4v) is 3.09. The molecule has 8 heteroatoms. The molecular weight excluding hydrogens is 382 g/mol. The summed E-state index contributed by atoms with van der Waals surface area (Å²) >= 11 is 0. The lowest BCUT2D eigenvalue weighted by atomic mass is 10.0. The van der Waals surface area contributed by atoms with Gasteiger partial charge in [0.2, 0.25) is 5.89 Å². The van der Waals surface area contributed by atoms with Crippen LogP contribution in [0.3, 0.4) is 0 Å². The van der Waals surface area contributed by atoms with Gasteiger partial charge in [-0.05, 0) is 37.3 Å². The van der Waals surface area contributed by atoms with Crippen molar-refractivity contribution in [3.8, 4) is 28.9 Å². The summed E-state index contributed by atoms with van der Waals surface area (Å²) in [5.41, 5.74) is 4.07. The molecule has 0 saturated heterocycles. The molecule has 0 spiro atoms. The zero-order valence-corrected chi connectivity index (χ0v) is 15.5. The Morgan fingerprint density at radius 2 is 1.93 bits per heavy atom. The number of nitrogens with zero attached hydrogens (tertiary/aromatic N) is 2. The number of para-hydroxylation sites is 1. The highest BCUT2D eigenvalue weighted by Gasteiger charge is 2.21. The topological polar surface area (TPSA) is 77.1 Å². The van der Waals surface area contributed by atoms with Crippen molar-refractivity contribution in [1.82, 2.24) is 4.98 Å². The third-order valence-corrected chi connectivity index (χ3v) is 4.41. The highest BCUT2D eigenvalue weighted by Crippen LogP contribution is 2.38. The number of oxazole rings is 1. The van der Waals surface area contributed by atoms with E-state index in [1.165, 1.54) is 25.3 Å². The van der Waals surface area contributed by atoms with E-state index in [0.717, 1.165) is 22.5 Å². The van der Waals surface area contributed by atoms with Gasteiger partial charge in [-0.25, -0.2) is 4.98 Å². The SMILES string of the molecule is COc1cc(-c2nc(/C=C3\C(C)=Nc4ccccc43)c(O)o2)ccc1OC(F)F. The van der Waals surface area contributed by atoms with Crippen LogP contribution in [0.5, 0.6) is 17.4 Å². The number of ether oxygens (including phenoxy) is 2. The van der Waals surface area contributed by atoms with Gasteiger partial charge in [0, 0.05) is 22.4 Å². The predicted molar refractivity (Wildman–Crippen MR) is 104 cm³/mol. The van der Waals surface area contributed by atoms with E-state index in [4.69, 9.17) is 9.15 Å². The third-order valence-electron chi connectivity index (χ3n) is 4.41. The van der Waals surface area contributed by atoms with Gasteiger partial charge in [-0.3, -0.25) is 4.99 Å². The van der Waals surface area contributed by atoms with Crippen LogP contribution in [0.2, 0.25) is 0 Å². The Morgan fingerprint density at radius 3 is 2.69 bits per heavy atom. The lowest BCUT2D eigenvalue weighted by Crippen LogP contribution is -2.03. The van der Waals surface area contributed by atoms with Crippen molar-refractivity contribution in [2.45, 2.75) is 13.5 Å². The molecule has 3 aromatic rings. The molecular formula is C21H16F2N2O4. The number of hydrogen-bond acceptors (Lipinski definition) is 6. The number of aromatic hydroxyl groups is 1. The average Bonchev–Trinajstić information content (AvgIpc) is 3.22. The van der Waals surface area contributed by atoms with Crippen molar-refractivity contribution < 1.29 is 27.8 Å². The first-order valence-corrected chi connectivity index (χ1v) is 8.66. The number of allylic oxidation sites excluding steroid dienone is 1. The van der Waals surface area contributed by atoms with E-state index in [1.54, 1.807) is 6.08 Å². The zero-order chi connectivity index (χ0) is 20.5. The predicted octanol–water partition coefficient (Wildman–Crippen LogP) is 5.30. The summed E-state index contributed by atoms with van der Waals surface area (Å²) in [5.74, 6) is -0.277. The molecule has 0 saturated carbocycles. The van der Waals surface area contributed by atoms with Crippen molar-refractivity contribution >= 4 is 23.0 Å². The second kappa shape index (κ2) is 7.38. The van der Waals surface area contributed by atoms with E-state index < -0.39 is 6.61 Å². The first-order valence-electron chi connectivity index (χ1n) is 8.66. The summed E-state index contributed by atoms with van der Waals surface area (Å²) in [6.45, 7) is -1.10. The van der Waals surface area contributed by atoms with Crippen LogP contribution >= 0.6 is 0 Å². The summed E-state index contributed by atoms with van der Waals surface area (Å²) < 4.78 is 39.8. The normalized spacial score (nSPS) is 14.2. The van der Waals surface area contributed by atoms with Gasteiger partial charge in [0.05, 0.1) is 12.8 Å². The number of halogens is 2. The standard InChI is InChI=1S/C21H16F2N2O4/c1-11-14(13-5-3-4-6-15(13)24-11)10-16-20(26)29-19(25-16)12-7-8-17(28-21(22)23)18(9-12)27-2/h3-10,21,26H,1-2H3/b14-10+.